The fourth-order valence-electron chi connectivity index (χ4n) is 1.80. The fraction of sp³-hybridized carbons (Fsp3) is 0.267. The van der Waals surface area contributed by atoms with E-state index in [4.69, 9.17) is 4.42 Å². The number of aromatic nitrogens is 1. The second-order valence-corrected chi connectivity index (χ2v) is 4.53. The lowest BCUT2D eigenvalue weighted by Crippen LogP contribution is -2.15. The van der Waals surface area contributed by atoms with E-state index in [9.17, 15) is 0 Å². The lowest BCUT2D eigenvalue weighted by Gasteiger charge is -1.95. The van der Waals surface area contributed by atoms with Crippen molar-refractivity contribution in [3.8, 4) is 11.3 Å². The normalized spacial score (nSPS) is 15.3. The minimum absolute atomic E-state index is 0.747. The third-order valence-corrected chi connectivity index (χ3v) is 2.96. The monoisotopic (exact) mass is 240 g/mol. The highest BCUT2D eigenvalue weighted by atomic mass is 16.3. The Morgan fingerprint density at radius 3 is 3.06 bits per heavy atom. The first-order valence-corrected chi connectivity index (χ1v) is 6.32. The molecule has 2 aromatic heterocycles. The van der Waals surface area contributed by atoms with Gasteiger partial charge in [-0.1, -0.05) is 6.08 Å². The summed E-state index contributed by atoms with van der Waals surface area (Å²) in [7, 11) is 0. The molecule has 92 valence electrons. The Hall–Kier alpha value is -1.87. The van der Waals surface area contributed by atoms with Crippen molar-refractivity contribution in [2.75, 3.05) is 6.54 Å². The predicted octanol–water partition coefficient (Wildman–Crippen LogP) is 3.11. The van der Waals surface area contributed by atoms with Crippen molar-refractivity contribution in [3.05, 3.63) is 48.5 Å². The van der Waals surface area contributed by atoms with Gasteiger partial charge in [0.1, 0.15) is 11.5 Å². The maximum atomic E-state index is 5.74. The summed E-state index contributed by atoms with van der Waals surface area (Å²) in [6.07, 6.45) is 10.3. The Kier molecular flexibility index (Phi) is 3.24. The van der Waals surface area contributed by atoms with Gasteiger partial charge in [0.15, 0.2) is 0 Å². The van der Waals surface area contributed by atoms with Crippen LogP contribution in [0.25, 0.3) is 17.4 Å². The molecule has 0 bridgehead atoms. The third-order valence-electron chi connectivity index (χ3n) is 2.96. The van der Waals surface area contributed by atoms with Crippen LogP contribution in [0.3, 0.4) is 0 Å². The molecular weight excluding hydrogens is 224 g/mol. The topological polar surface area (TPSA) is 38.1 Å². The summed E-state index contributed by atoms with van der Waals surface area (Å²) in [6.45, 7) is 0.910. The number of hydrogen-bond donors (Lipinski definition) is 1. The molecule has 0 radical (unpaired) electrons. The van der Waals surface area contributed by atoms with E-state index in [-0.39, 0.29) is 0 Å². The van der Waals surface area contributed by atoms with E-state index in [1.807, 2.05) is 30.3 Å². The Morgan fingerprint density at radius 1 is 1.33 bits per heavy atom. The van der Waals surface area contributed by atoms with Gasteiger partial charge in [-0.15, -0.1) is 0 Å². The van der Waals surface area contributed by atoms with E-state index < -0.39 is 0 Å². The van der Waals surface area contributed by atoms with Crippen molar-refractivity contribution < 1.29 is 4.42 Å². The number of nitrogens with zero attached hydrogens (tertiary/aromatic N) is 1. The van der Waals surface area contributed by atoms with Crippen molar-refractivity contribution >= 4 is 6.08 Å². The van der Waals surface area contributed by atoms with E-state index in [1.54, 1.807) is 12.4 Å². The van der Waals surface area contributed by atoms with Crippen LogP contribution in [0.1, 0.15) is 18.6 Å². The maximum absolute atomic E-state index is 5.74. The highest BCUT2D eigenvalue weighted by Gasteiger charge is 2.18. The van der Waals surface area contributed by atoms with Crippen molar-refractivity contribution in [2.24, 2.45) is 0 Å². The van der Waals surface area contributed by atoms with Crippen LogP contribution in [0, 0.1) is 0 Å². The van der Waals surface area contributed by atoms with E-state index in [0.717, 1.165) is 29.7 Å². The molecule has 1 saturated carbocycles. The van der Waals surface area contributed by atoms with Gasteiger partial charge in [0, 0.05) is 30.5 Å². The molecule has 0 aromatic carbocycles. The largest absolute Gasteiger partial charge is 0.457 e. The van der Waals surface area contributed by atoms with Gasteiger partial charge in [-0.25, -0.2) is 0 Å². The molecular formula is C15H16N2O. The second-order valence-electron chi connectivity index (χ2n) is 4.53. The van der Waals surface area contributed by atoms with E-state index in [2.05, 4.69) is 16.4 Å². The van der Waals surface area contributed by atoms with Gasteiger partial charge in [-0.2, -0.15) is 0 Å². The van der Waals surface area contributed by atoms with Gasteiger partial charge in [-0.3, -0.25) is 4.98 Å². The van der Waals surface area contributed by atoms with Gasteiger partial charge in [0.25, 0.3) is 0 Å². The zero-order valence-electron chi connectivity index (χ0n) is 10.2. The lowest BCUT2D eigenvalue weighted by molar-refractivity contribution is 0.571. The van der Waals surface area contributed by atoms with Gasteiger partial charge < -0.3 is 9.73 Å². The molecule has 1 aliphatic rings. The summed E-state index contributed by atoms with van der Waals surface area (Å²) in [5.74, 6) is 1.74. The molecule has 3 nitrogen and oxygen atoms in total. The first kappa shape index (κ1) is 11.2. The summed E-state index contributed by atoms with van der Waals surface area (Å²) in [6, 6.07) is 8.61. The minimum Gasteiger partial charge on any atom is -0.457 e. The highest BCUT2D eigenvalue weighted by molar-refractivity contribution is 5.58. The Labute approximate surface area is 107 Å². The molecule has 2 aromatic rings. The quantitative estimate of drug-likeness (QED) is 0.872. The Bertz CT molecular complexity index is 526. The second kappa shape index (κ2) is 5.19. The number of rotatable bonds is 5. The maximum Gasteiger partial charge on any atom is 0.136 e. The summed E-state index contributed by atoms with van der Waals surface area (Å²) in [5.41, 5.74) is 1.01. The van der Waals surface area contributed by atoms with Crippen molar-refractivity contribution in [1.29, 1.82) is 0 Å². The van der Waals surface area contributed by atoms with Crippen LogP contribution in [-0.2, 0) is 0 Å². The smallest absolute Gasteiger partial charge is 0.136 e. The van der Waals surface area contributed by atoms with Gasteiger partial charge in [-0.05, 0) is 43.2 Å². The SMILES string of the molecule is C(=Cc1ccc(-c2cccnc2)o1)CNC1CC1. The van der Waals surface area contributed by atoms with E-state index in [1.165, 1.54) is 12.8 Å². The molecule has 2 heterocycles. The zero-order valence-corrected chi connectivity index (χ0v) is 10.2. The van der Waals surface area contributed by atoms with Gasteiger partial charge in [0.2, 0.25) is 0 Å². The molecule has 0 unspecified atom stereocenters. The fourth-order valence-corrected chi connectivity index (χ4v) is 1.80. The Morgan fingerprint density at radius 2 is 2.28 bits per heavy atom. The number of pyridine rings is 1. The van der Waals surface area contributed by atoms with Crippen LogP contribution >= 0.6 is 0 Å². The predicted molar refractivity (Wildman–Crippen MR) is 72.0 cm³/mol. The average Bonchev–Trinajstić information content (AvgIpc) is 3.12. The summed E-state index contributed by atoms with van der Waals surface area (Å²) in [5, 5.41) is 3.43. The Balaban J connectivity index is 1.62. The highest BCUT2D eigenvalue weighted by Crippen LogP contribution is 2.21. The molecule has 3 rings (SSSR count). The van der Waals surface area contributed by atoms with Crippen LogP contribution in [-0.4, -0.2) is 17.6 Å². The van der Waals surface area contributed by atoms with E-state index >= 15 is 0 Å². The molecule has 0 atom stereocenters. The molecule has 1 N–H and O–H groups in total. The van der Waals surface area contributed by atoms with Crippen molar-refractivity contribution in [3.63, 3.8) is 0 Å². The van der Waals surface area contributed by atoms with Crippen molar-refractivity contribution in [2.45, 2.75) is 18.9 Å². The van der Waals surface area contributed by atoms with Crippen LogP contribution in [0.4, 0.5) is 0 Å². The van der Waals surface area contributed by atoms with E-state index in [0.29, 0.717) is 0 Å². The molecule has 0 amide bonds. The molecule has 0 saturated heterocycles. The first-order chi connectivity index (χ1) is 8.92. The van der Waals surface area contributed by atoms with Gasteiger partial charge >= 0.3 is 0 Å². The minimum atomic E-state index is 0.747. The summed E-state index contributed by atoms with van der Waals surface area (Å²) in [4.78, 5) is 4.08. The molecule has 0 aliphatic heterocycles. The van der Waals surface area contributed by atoms with Crippen LogP contribution in [0.5, 0.6) is 0 Å². The molecule has 3 heteroatoms. The number of furan rings is 1. The lowest BCUT2D eigenvalue weighted by atomic mass is 10.2. The molecule has 1 aliphatic carbocycles. The zero-order chi connectivity index (χ0) is 12.2. The standard InChI is InChI=1S/C15H16N2O/c1-3-12(11-16-9-1)15-8-7-14(18-15)4-2-10-17-13-5-6-13/h1-4,7-9,11,13,17H,5-6,10H2. The van der Waals surface area contributed by atoms with Crippen LogP contribution < -0.4 is 5.32 Å². The van der Waals surface area contributed by atoms with Gasteiger partial charge in [0.05, 0.1) is 0 Å². The number of hydrogen-bond acceptors (Lipinski definition) is 3. The molecule has 1 fully saturated rings. The first-order valence-electron chi connectivity index (χ1n) is 6.32. The van der Waals surface area contributed by atoms with Crippen LogP contribution in [0.2, 0.25) is 0 Å². The average molecular weight is 240 g/mol. The summed E-state index contributed by atoms with van der Waals surface area (Å²) < 4.78 is 5.74. The van der Waals surface area contributed by atoms with Crippen molar-refractivity contribution in [1.82, 2.24) is 10.3 Å². The summed E-state index contributed by atoms with van der Waals surface area (Å²) >= 11 is 0. The molecule has 18 heavy (non-hydrogen) atoms. The number of nitrogens with one attached hydrogen (secondary N) is 1. The third kappa shape index (κ3) is 2.87. The van der Waals surface area contributed by atoms with Crippen LogP contribution in [0.15, 0.2) is 47.2 Å². The molecule has 0 spiro atoms.